The van der Waals surface area contributed by atoms with Crippen molar-refractivity contribution in [3.05, 3.63) is 0 Å². The highest BCUT2D eigenvalue weighted by Crippen LogP contribution is 2.05. The second-order valence-electron chi connectivity index (χ2n) is 4.03. The maximum atomic E-state index is 5.49. The molecule has 0 amide bonds. The maximum absolute atomic E-state index is 5.49. The van der Waals surface area contributed by atoms with Crippen LogP contribution >= 0.6 is 0 Å². The zero-order valence-electron chi connectivity index (χ0n) is 10.4. The second kappa shape index (κ2) is 8.90. The van der Waals surface area contributed by atoms with Crippen LogP contribution in [0, 0.1) is 0 Å². The predicted octanol–water partition coefficient (Wildman–Crippen LogP) is -0.0828. The van der Waals surface area contributed by atoms with Crippen molar-refractivity contribution in [2.75, 3.05) is 60.2 Å². The smallest absolute Gasteiger partial charge is 0.170 e. The van der Waals surface area contributed by atoms with E-state index < -0.39 is 0 Å². The fraction of sp³-hybridized carbons (Fsp3) is 1.00. The van der Waals surface area contributed by atoms with E-state index in [0.29, 0.717) is 0 Å². The van der Waals surface area contributed by atoms with Crippen LogP contribution in [0.25, 0.3) is 0 Å². The lowest BCUT2D eigenvalue weighted by molar-refractivity contribution is -0.184. The quantitative estimate of drug-likeness (QED) is 0.593. The lowest BCUT2D eigenvalue weighted by Crippen LogP contribution is -2.39. The Bertz CT molecular complexity index is 163. The van der Waals surface area contributed by atoms with Crippen molar-refractivity contribution in [3.8, 4) is 0 Å². The minimum atomic E-state index is -0.0438. The number of ether oxygens (including phenoxy) is 3. The van der Waals surface area contributed by atoms with Gasteiger partial charge in [0.1, 0.15) is 0 Å². The molecule has 0 aromatic heterocycles. The van der Waals surface area contributed by atoms with Gasteiger partial charge in [-0.2, -0.15) is 0 Å². The van der Waals surface area contributed by atoms with Crippen LogP contribution in [0.4, 0.5) is 0 Å². The van der Waals surface area contributed by atoms with Gasteiger partial charge < -0.3 is 24.4 Å². The summed E-state index contributed by atoms with van der Waals surface area (Å²) in [6, 6.07) is 0. The molecule has 0 atom stereocenters. The van der Waals surface area contributed by atoms with Crippen LogP contribution in [-0.4, -0.2) is 71.3 Å². The van der Waals surface area contributed by atoms with E-state index in [1.807, 2.05) is 0 Å². The summed E-state index contributed by atoms with van der Waals surface area (Å²) in [5.41, 5.74) is 0. The Morgan fingerprint density at radius 2 is 2.06 bits per heavy atom. The van der Waals surface area contributed by atoms with Crippen LogP contribution in [0.3, 0.4) is 0 Å². The molecule has 96 valence electrons. The predicted molar refractivity (Wildman–Crippen MR) is 62.6 cm³/mol. The van der Waals surface area contributed by atoms with Crippen LogP contribution in [0.2, 0.25) is 0 Å². The van der Waals surface area contributed by atoms with Gasteiger partial charge >= 0.3 is 0 Å². The third-order valence-electron chi connectivity index (χ3n) is 2.51. The minimum absolute atomic E-state index is 0.0438. The normalized spacial score (nSPS) is 18.2. The van der Waals surface area contributed by atoms with E-state index in [1.165, 1.54) is 0 Å². The molecule has 1 saturated heterocycles. The third kappa shape index (κ3) is 6.40. The molecule has 5 heteroatoms. The van der Waals surface area contributed by atoms with Crippen molar-refractivity contribution < 1.29 is 14.2 Å². The molecule has 0 aromatic carbocycles. The van der Waals surface area contributed by atoms with Crippen LogP contribution in [-0.2, 0) is 14.2 Å². The van der Waals surface area contributed by atoms with Gasteiger partial charge in [0.15, 0.2) is 6.29 Å². The Labute approximate surface area is 98.0 Å². The Balaban J connectivity index is 1.95. The zero-order valence-corrected chi connectivity index (χ0v) is 10.4. The average molecular weight is 232 g/mol. The first kappa shape index (κ1) is 13.9. The van der Waals surface area contributed by atoms with Crippen molar-refractivity contribution in [2.45, 2.75) is 12.7 Å². The number of methoxy groups -OCH3 is 1. The van der Waals surface area contributed by atoms with Gasteiger partial charge in [-0.15, -0.1) is 0 Å². The lowest BCUT2D eigenvalue weighted by Gasteiger charge is -2.27. The SMILES string of the molecule is COCCNCCN(C)CC1OCCCO1. The summed E-state index contributed by atoms with van der Waals surface area (Å²) in [5.74, 6) is 0. The molecular weight excluding hydrogens is 208 g/mol. The van der Waals surface area contributed by atoms with Crippen LogP contribution in [0.5, 0.6) is 0 Å². The highest BCUT2D eigenvalue weighted by Gasteiger charge is 2.15. The minimum Gasteiger partial charge on any atom is -0.383 e. The molecule has 0 saturated carbocycles. The molecule has 1 heterocycles. The number of nitrogens with zero attached hydrogens (tertiary/aromatic N) is 1. The van der Waals surface area contributed by atoms with E-state index in [4.69, 9.17) is 14.2 Å². The molecule has 16 heavy (non-hydrogen) atoms. The zero-order chi connectivity index (χ0) is 11.6. The highest BCUT2D eigenvalue weighted by atomic mass is 16.7. The Morgan fingerprint density at radius 3 is 2.75 bits per heavy atom. The van der Waals surface area contributed by atoms with Gasteiger partial charge in [-0.1, -0.05) is 0 Å². The van der Waals surface area contributed by atoms with Gasteiger partial charge in [-0.25, -0.2) is 0 Å². The topological polar surface area (TPSA) is 43.0 Å². The molecule has 1 rings (SSSR count). The van der Waals surface area contributed by atoms with E-state index >= 15 is 0 Å². The van der Waals surface area contributed by atoms with Gasteiger partial charge in [-0.05, 0) is 13.5 Å². The molecule has 1 N–H and O–H groups in total. The average Bonchev–Trinajstić information content (AvgIpc) is 2.30. The van der Waals surface area contributed by atoms with Gasteiger partial charge in [-0.3, -0.25) is 0 Å². The summed E-state index contributed by atoms with van der Waals surface area (Å²) in [6.07, 6.45) is 0.969. The molecule has 1 aliphatic heterocycles. The molecule has 0 radical (unpaired) electrons. The summed E-state index contributed by atoms with van der Waals surface area (Å²) in [6.45, 7) is 6.11. The first-order valence-corrected chi connectivity index (χ1v) is 5.94. The van der Waals surface area contributed by atoms with Crippen LogP contribution < -0.4 is 5.32 Å². The van der Waals surface area contributed by atoms with E-state index in [2.05, 4.69) is 17.3 Å². The number of rotatable bonds is 8. The van der Waals surface area contributed by atoms with Crippen molar-refractivity contribution in [1.82, 2.24) is 10.2 Å². The third-order valence-corrected chi connectivity index (χ3v) is 2.51. The lowest BCUT2D eigenvalue weighted by atomic mass is 10.4. The molecule has 1 aliphatic rings. The number of nitrogens with one attached hydrogen (secondary N) is 1. The molecular formula is C11H24N2O3. The van der Waals surface area contributed by atoms with E-state index in [-0.39, 0.29) is 6.29 Å². The van der Waals surface area contributed by atoms with E-state index in [0.717, 1.165) is 52.4 Å². The fourth-order valence-electron chi connectivity index (χ4n) is 1.56. The summed E-state index contributed by atoms with van der Waals surface area (Å²) < 4.78 is 15.9. The number of likely N-dealkylation sites (N-methyl/N-ethyl adjacent to an activating group) is 1. The molecule has 1 fully saturated rings. The maximum Gasteiger partial charge on any atom is 0.170 e. The van der Waals surface area contributed by atoms with Crippen LogP contribution in [0.15, 0.2) is 0 Å². The standard InChI is InChI=1S/C11H24N2O3/c1-13(6-4-12-5-9-14-2)10-11-15-7-3-8-16-11/h11-12H,3-10H2,1-2H3. The number of hydrogen-bond acceptors (Lipinski definition) is 5. The van der Waals surface area contributed by atoms with Gasteiger partial charge in [0.2, 0.25) is 0 Å². The first-order valence-electron chi connectivity index (χ1n) is 5.94. The Hall–Kier alpha value is -0.200. The van der Waals surface area contributed by atoms with E-state index in [1.54, 1.807) is 7.11 Å². The van der Waals surface area contributed by atoms with E-state index in [9.17, 15) is 0 Å². The molecule has 5 nitrogen and oxygen atoms in total. The molecule has 0 bridgehead atoms. The van der Waals surface area contributed by atoms with Gasteiger partial charge in [0.05, 0.1) is 19.8 Å². The number of hydrogen-bond donors (Lipinski definition) is 1. The summed E-state index contributed by atoms with van der Waals surface area (Å²) >= 11 is 0. The summed E-state index contributed by atoms with van der Waals surface area (Å²) in [5, 5.41) is 3.31. The monoisotopic (exact) mass is 232 g/mol. The molecule has 0 aromatic rings. The summed E-state index contributed by atoms with van der Waals surface area (Å²) in [4.78, 5) is 2.22. The van der Waals surface area contributed by atoms with Gasteiger partial charge in [0, 0.05) is 33.3 Å². The van der Waals surface area contributed by atoms with Crippen molar-refractivity contribution in [1.29, 1.82) is 0 Å². The fourth-order valence-corrected chi connectivity index (χ4v) is 1.56. The molecule has 0 spiro atoms. The summed E-state index contributed by atoms with van der Waals surface area (Å²) in [7, 11) is 3.80. The van der Waals surface area contributed by atoms with Crippen LogP contribution in [0.1, 0.15) is 6.42 Å². The Morgan fingerprint density at radius 1 is 1.31 bits per heavy atom. The Kier molecular flexibility index (Phi) is 7.71. The van der Waals surface area contributed by atoms with Crippen molar-refractivity contribution in [2.24, 2.45) is 0 Å². The molecule has 0 aliphatic carbocycles. The van der Waals surface area contributed by atoms with Crippen molar-refractivity contribution in [3.63, 3.8) is 0 Å². The van der Waals surface area contributed by atoms with Crippen molar-refractivity contribution >= 4 is 0 Å². The highest BCUT2D eigenvalue weighted by molar-refractivity contribution is 4.60. The largest absolute Gasteiger partial charge is 0.383 e. The molecule has 0 unspecified atom stereocenters. The first-order chi connectivity index (χ1) is 7.83. The van der Waals surface area contributed by atoms with Gasteiger partial charge in [0.25, 0.3) is 0 Å². The second-order valence-corrected chi connectivity index (χ2v) is 4.03.